The molecule has 39 heavy (non-hydrogen) atoms. The molecule has 2 aromatic carbocycles. The Morgan fingerprint density at radius 2 is 1.97 bits per heavy atom. The Bertz CT molecular complexity index is 1380. The number of nitrogens with one attached hydrogen (secondary N) is 1. The van der Waals surface area contributed by atoms with Crippen LogP contribution in [0.2, 0.25) is 0 Å². The average molecular weight is 539 g/mol. The number of aromatic nitrogens is 3. The molecule has 1 amide bonds. The third-order valence-electron chi connectivity index (χ3n) is 6.51. The molecule has 0 saturated carbocycles. The second kappa shape index (κ2) is 13.0. The Hall–Kier alpha value is -4.28. The SMILES string of the molecule is CCOC(=O)[C@H]1CCCN(C(=O)CCc2nnc(-c3ccc(OCc4ccccc4F)c(OC)c3)[nH]c2=O)C1. The van der Waals surface area contributed by atoms with Crippen molar-refractivity contribution in [2.45, 2.75) is 39.2 Å². The van der Waals surface area contributed by atoms with Crippen molar-refractivity contribution in [3.8, 4) is 22.9 Å². The van der Waals surface area contributed by atoms with Crippen molar-refractivity contribution in [2.24, 2.45) is 5.92 Å². The maximum atomic E-state index is 13.9. The van der Waals surface area contributed by atoms with Crippen LogP contribution in [0, 0.1) is 11.7 Å². The van der Waals surface area contributed by atoms with Gasteiger partial charge in [0.15, 0.2) is 17.3 Å². The number of amides is 1. The van der Waals surface area contributed by atoms with Crippen molar-refractivity contribution in [2.75, 3.05) is 26.8 Å². The second-order valence-corrected chi connectivity index (χ2v) is 9.13. The largest absolute Gasteiger partial charge is 0.493 e. The van der Waals surface area contributed by atoms with Crippen LogP contribution in [0.5, 0.6) is 11.5 Å². The number of aromatic amines is 1. The molecule has 1 N–H and O–H groups in total. The standard InChI is InChI=1S/C28H31FN4O6/c1-3-38-28(36)19-8-6-14-33(16-19)25(34)13-11-22-27(35)30-26(32-31-22)18-10-12-23(24(15-18)37-2)39-17-20-7-4-5-9-21(20)29/h4-5,7,9-10,12,15,19H,3,6,8,11,13-14,16-17H2,1-2H3,(H,30,32,35)/t19-/m0/s1. The zero-order chi connectivity index (χ0) is 27.8. The number of methoxy groups -OCH3 is 1. The van der Waals surface area contributed by atoms with Gasteiger partial charge in [-0.1, -0.05) is 18.2 Å². The molecular weight excluding hydrogens is 507 g/mol. The molecule has 1 atom stereocenters. The minimum Gasteiger partial charge on any atom is -0.493 e. The van der Waals surface area contributed by atoms with Gasteiger partial charge >= 0.3 is 5.97 Å². The summed E-state index contributed by atoms with van der Waals surface area (Å²) in [4.78, 5) is 41.8. The fourth-order valence-corrected chi connectivity index (χ4v) is 4.40. The summed E-state index contributed by atoms with van der Waals surface area (Å²) in [5.74, 6) is -0.110. The number of ether oxygens (including phenoxy) is 3. The molecule has 0 radical (unpaired) electrons. The topological polar surface area (TPSA) is 124 Å². The van der Waals surface area contributed by atoms with Crippen LogP contribution in [0.3, 0.4) is 0 Å². The Morgan fingerprint density at radius 1 is 1.15 bits per heavy atom. The zero-order valence-electron chi connectivity index (χ0n) is 21.9. The monoisotopic (exact) mass is 538 g/mol. The van der Waals surface area contributed by atoms with E-state index in [1.165, 1.54) is 13.2 Å². The Kier molecular flexibility index (Phi) is 9.24. The number of likely N-dealkylation sites (tertiary alicyclic amines) is 1. The lowest BCUT2D eigenvalue weighted by atomic mass is 9.98. The Balaban J connectivity index is 1.38. The van der Waals surface area contributed by atoms with Gasteiger partial charge in [-0.3, -0.25) is 14.4 Å². The lowest BCUT2D eigenvalue weighted by Gasteiger charge is -2.31. The van der Waals surface area contributed by atoms with Crippen LogP contribution in [-0.2, 0) is 27.4 Å². The van der Waals surface area contributed by atoms with Crippen molar-refractivity contribution in [3.05, 3.63) is 69.9 Å². The molecule has 0 bridgehead atoms. The van der Waals surface area contributed by atoms with E-state index in [-0.39, 0.29) is 54.6 Å². The van der Waals surface area contributed by atoms with Gasteiger partial charge in [0, 0.05) is 37.1 Å². The number of H-pyrrole nitrogens is 1. The molecule has 0 aliphatic carbocycles. The number of rotatable bonds is 10. The molecular formula is C28H31FN4O6. The summed E-state index contributed by atoms with van der Waals surface area (Å²) in [5.41, 5.74) is 0.639. The summed E-state index contributed by atoms with van der Waals surface area (Å²) in [6, 6.07) is 11.3. The van der Waals surface area contributed by atoms with Gasteiger partial charge in [-0.2, -0.15) is 0 Å². The lowest BCUT2D eigenvalue weighted by molar-refractivity contribution is -0.151. The highest BCUT2D eigenvalue weighted by Gasteiger charge is 2.29. The summed E-state index contributed by atoms with van der Waals surface area (Å²) in [7, 11) is 1.47. The van der Waals surface area contributed by atoms with Crippen molar-refractivity contribution in [3.63, 3.8) is 0 Å². The second-order valence-electron chi connectivity index (χ2n) is 9.13. The highest BCUT2D eigenvalue weighted by atomic mass is 19.1. The third kappa shape index (κ3) is 6.98. The first kappa shape index (κ1) is 27.7. The molecule has 0 unspecified atom stereocenters. The van der Waals surface area contributed by atoms with Crippen LogP contribution in [-0.4, -0.2) is 58.8 Å². The maximum absolute atomic E-state index is 13.9. The Labute approximate surface area is 225 Å². The van der Waals surface area contributed by atoms with E-state index >= 15 is 0 Å². The molecule has 1 saturated heterocycles. The quantitative estimate of drug-likeness (QED) is 0.390. The van der Waals surface area contributed by atoms with Gasteiger partial charge < -0.3 is 24.1 Å². The van der Waals surface area contributed by atoms with E-state index in [4.69, 9.17) is 14.2 Å². The maximum Gasteiger partial charge on any atom is 0.310 e. The van der Waals surface area contributed by atoms with Crippen molar-refractivity contribution >= 4 is 11.9 Å². The molecule has 206 valence electrons. The first-order chi connectivity index (χ1) is 18.9. The van der Waals surface area contributed by atoms with Crippen molar-refractivity contribution < 1.29 is 28.2 Å². The van der Waals surface area contributed by atoms with Gasteiger partial charge in [0.05, 0.1) is 19.6 Å². The normalized spacial score (nSPS) is 15.1. The molecule has 2 heterocycles. The predicted molar refractivity (Wildman–Crippen MR) is 140 cm³/mol. The van der Waals surface area contributed by atoms with Gasteiger partial charge in [-0.15, -0.1) is 10.2 Å². The molecule has 1 aromatic heterocycles. The zero-order valence-corrected chi connectivity index (χ0v) is 21.9. The number of benzene rings is 2. The summed E-state index contributed by atoms with van der Waals surface area (Å²) >= 11 is 0. The minimum atomic E-state index is -0.449. The summed E-state index contributed by atoms with van der Waals surface area (Å²) in [6.07, 6.45) is 1.61. The molecule has 4 rings (SSSR count). The molecule has 3 aromatic rings. The first-order valence-corrected chi connectivity index (χ1v) is 12.8. The first-order valence-electron chi connectivity index (χ1n) is 12.8. The number of piperidine rings is 1. The van der Waals surface area contributed by atoms with Crippen molar-refractivity contribution in [1.29, 1.82) is 0 Å². The number of hydrogen-bond acceptors (Lipinski definition) is 8. The van der Waals surface area contributed by atoms with Gasteiger partial charge in [-0.05, 0) is 44.0 Å². The highest BCUT2D eigenvalue weighted by molar-refractivity contribution is 5.78. The molecule has 1 aliphatic heterocycles. The van der Waals surface area contributed by atoms with E-state index in [1.54, 1.807) is 48.2 Å². The van der Waals surface area contributed by atoms with Gasteiger partial charge in [-0.25, -0.2) is 4.39 Å². The fraction of sp³-hybridized carbons (Fsp3) is 0.393. The average Bonchev–Trinajstić information content (AvgIpc) is 2.96. The summed E-state index contributed by atoms with van der Waals surface area (Å²) in [6.45, 7) is 2.97. The van der Waals surface area contributed by atoms with Gasteiger partial charge in [0.1, 0.15) is 18.1 Å². The molecule has 1 fully saturated rings. The van der Waals surface area contributed by atoms with Gasteiger partial charge in [0.25, 0.3) is 5.56 Å². The number of esters is 1. The van der Waals surface area contributed by atoms with Gasteiger partial charge in [0.2, 0.25) is 5.91 Å². The minimum absolute atomic E-state index is 0.0212. The van der Waals surface area contributed by atoms with E-state index in [0.717, 1.165) is 6.42 Å². The van der Waals surface area contributed by atoms with Crippen LogP contribution in [0.1, 0.15) is 37.4 Å². The number of nitrogens with zero attached hydrogens (tertiary/aromatic N) is 3. The number of halogens is 1. The number of carbonyl (C=O) groups excluding carboxylic acids is 2. The van der Waals surface area contributed by atoms with E-state index in [2.05, 4.69) is 15.2 Å². The predicted octanol–water partition coefficient (Wildman–Crippen LogP) is 3.29. The smallest absolute Gasteiger partial charge is 0.310 e. The molecule has 1 aliphatic rings. The number of hydrogen-bond donors (Lipinski definition) is 1. The van der Waals surface area contributed by atoms with Crippen LogP contribution in [0.25, 0.3) is 11.4 Å². The molecule has 10 nitrogen and oxygen atoms in total. The van der Waals surface area contributed by atoms with E-state index in [1.807, 2.05) is 0 Å². The van der Waals surface area contributed by atoms with Crippen molar-refractivity contribution in [1.82, 2.24) is 20.1 Å². The molecule has 0 spiro atoms. The Morgan fingerprint density at radius 3 is 2.72 bits per heavy atom. The third-order valence-corrected chi connectivity index (χ3v) is 6.51. The van der Waals surface area contributed by atoms with E-state index < -0.39 is 5.56 Å². The van der Waals surface area contributed by atoms with E-state index in [0.29, 0.717) is 48.7 Å². The highest BCUT2D eigenvalue weighted by Crippen LogP contribution is 2.32. The van der Waals surface area contributed by atoms with Crippen LogP contribution in [0.15, 0.2) is 47.3 Å². The van der Waals surface area contributed by atoms with E-state index in [9.17, 15) is 18.8 Å². The van der Waals surface area contributed by atoms with Crippen LogP contribution in [0.4, 0.5) is 4.39 Å². The lowest BCUT2D eigenvalue weighted by Crippen LogP contribution is -2.43. The number of aryl methyl sites for hydroxylation is 1. The molecule has 11 heteroatoms. The summed E-state index contributed by atoms with van der Waals surface area (Å²) in [5, 5.41) is 8.18. The summed E-state index contributed by atoms with van der Waals surface area (Å²) < 4.78 is 30.1. The van der Waals surface area contributed by atoms with Crippen LogP contribution < -0.4 is 15.0 Å². The van der Waals surface area contributed by atoms with Crippen LogP contribution >= 0.6 is 0 Å². The number of carbonyl (C=O) groups is 2. The fourth-order valence-electron chi connectivity index (χ4n) is 4.40.